The fourth-order valence-corrected chi connectivity index (χ4v) is 3.32. The SMILES string of the molecule is COc1cc2nccc(Oc3ccc(OCC(=O)Nc4ccccc4C)cc3)c2cc1OC. The number of ether oxygens (including phenoxy) is 4. The standard InChI is InChI=1S/C26H24N2O5/c1-17-6-4-5-7-21(17)28-26(29)16-32-18-8-10-19(11-9-18)33-23-12-13-27-22-15-25(31-3)24(30-2)14-20(22)23/h4-15H,16H2,1-3H3,(H,28,29). The molecule has 4 aromatic rings. The zero-order valence-electron chi connectivity index (χ0n) is 18.6. The summed E-state index contributed by atoms with van der Waals surface area (Å²) in [6, 6.07) is 20.1. The summed E-state index contributed by atoms with van der Waals surface area (Å²) in [7, 11) is 3.17. The van der Waals surface area contributed by atoms with Crippen LogP contribution in [0.4, 0.5) is 5.69 Å². The zero-order chi connectivity index (χ0) is 23.2. The van der Waals surface area contributed by atoms with Gasteiger partial charge < -0.3 is 24.3 Å². The Morgan fingerprint density at radius 3 is 2.30 bits per heavy atom. The Morgan fingerprint density at radius 1 is 0.879 bits per heavy atom. The molecular weight excluding hydrogens is 420 g/mol. The average molecular weight is 444 g/mol. The summed E-state index contributed by atoms with van der Waals surface area (Å²) in [5, 5.41) is 3.64. The van der Waals surface area contributed by atoms with Gasteiger partial charge >= 0.3 is 0 Å². The highest BCUT2D eigenvalue weighted by Gasteiger charge is 2.12. The van der Waals surface area contributed by atoms with Crippen molar-refractivity contribution in [2.75, 3.05) is 26.1 Å². The summed E-state index contributed by atoms with van der Waals surface area (Å²) >= 11 is 0. The molecule has 0 aliphatic carbocycles. The van der Waals surface area contributed by atoms with Gasteiger partial charge in [-0.05, 0) is 55.0 Å². The second kappa shape index (κ2) is 9.91. The second-order valence-electron chi connectivity index (χ2n) is 7.26. The Balaban J connectivity index is 1.42. The number of fused-ring (bicyclic) bond motifs is 1. The summed E-state index contributed by atoms with van der Waals surface area (Å²) in [6.07, 6.45) is 1.67. The number of methoxy groups -OCH3 is 2. The predicted octanol–water partition coefficient (Wildman–Crippen LogP) is 5.37. The second-order valence-corrected chi connectivity index (χ2v) is 7.26. The Labute approximate surface area is 191 Å². The van der Waals surface area contributed by atoms with Gasteiger partial charge in [0.2, 0.25) is 0 Å². The summed E-state index contributed by atoms with van der Waals surface area (Å²) < 4.78 is 22.4. The Bertz CT molecular complexity index is 1270. The van der Waals surface area contributed by atoms with Gasteiger partial charge in [-0.15, -0.1) is 0 Å². The van der Waals surface area contributed by atoms with E-state index in [0.29, 0.717) is 28.7 Å². The molecule has 1 heterocycles. The number of nitrogens with one attached hydrogen (secondary N) is 1. The molecule has 3 aromatic carbocycles. The number of hydrogen-bond acceptors (Lipinski definition) is 6. The topological polar surface area (TPSA) is 78.9 Å². The van der Waals surface area contributed by atoms with Crippen LogP contribution in [0.1, 0.15) is 5.56 Å². The van der Waals surface area contributed by atoms with E-state index in [1.165, 1.54) is 0 Å². The summed E-state index contributed by atoms with van der Waals surface area (Å²) in [4.78, 5) is 16.6. The normalized spacial score (nSPS) is 10.5. The highest BCUT2D eigenvalue weighted by Crippen LogP contribution is 2.37. The molecule has 0 spiro atoms. The molecule has 0 aliphatic rings. The van der Waals surface area contributed by atoms with Crippen molar-refractivity contribution in [3.05, 3.63) is 78.5 Å². The lowest BCUT2D eigenvalue weighted by Crippen LogP contribution is -2.20. The molecule has 1 N–H and O–H groups in total. The number of para-hydroxylation sites is 1. The van der Waals surface area contributed by atoms with Crippen LogP contribution in [-0.2, 0) is 4.79 Å². The van der Waals surface area contributed by atoms with E-state index in [9.17, 15) is 4.79 Å². The van der Waals surface area contributed by atoms with E-state index in [0.717, 1.165) is 22.2 Å². The molecule has 0 aliphatic heterocycles. The first-order chi connectivity index (χ1) is 16.1. The number of amides is 1. The molecule has 4 rings (SSSR count). The van der Waals surface area contributed by atoms with E-state index < -0.39 is 0 Å². The van der Waals surface area contributed by atoms with Crippen LogP contribution in [0.25, 0.3) is 10.9 Å². The van der Waals surface area contributed by atoms with Crippen LogP contribution in [0.3, 0.4) is 0 Å². The van der Waals surface area contributed by atoms with Gasteiger partial charge in [0, 0.05) is 23.3 Å². The molecule has 33 heavy (non-hydrogen) atoms. The zero-order valence-corrected chi connectivity index (χ0v) is 18.6. The molecule has 7 heteroatoms. The van der Waals surface area contributed by atoms with Crippen LogP contribution in [0, 0.1) is 6.92 Å². The number of rotatable bonds is 8. The van der Waals surface area contributed by atoms with Gasteiger partial charge in [-0.3, -0.25) is 9.78 Å². The third-order valence-corrected chi connectivity index (χ3v) is 5.05. The predicted molar refractivity (Wildman–Crippen MR) is 127 cm³/mol. The molecule has 0 unspecified atom stereocenters. The van der Waals surface area contributed by atoms with Crippen LogP contribution in [0.15, 0.2) is 72.9 Å². The van der Waals surface area contributed by atoms with Gasteiger partial charge in [0.15, 0.2) is 18.1 Å². The van der Waals surface area contributed by atoms with Gasteiger partial charge in [-0.1, -0.05) is 18.2 Å². The van der Waals surface area contributed by atoms with Gasteiger partial charge in [0.25, 0.3) is 5.91 Å². The van der Waals surface area contributed by atoms with E-state index in [1.807, 2.05) is 37.3 Å². The largest absolute Gasteiger partial charge is 0.493 e. The lowest BCUT2D eigenvalue weighted by atomic mass is 10.2. The minimum absolute atomic E-state index is 0.0921. The van der Waals surface area contributed by atoms with Crippen molar-refractivity contribution in [1.29, 1.82) is 0 Å². The summed E-state index contributed by atoms with van der Waals surface area (Å²) in [5.74, 6) is 2.78. The molecule has 1 amide bonds. The maximum absolute atomic E-state index is 12.2. The first kappa shape index (κ1) is 22.0. The maximum Gasteiger partial charge on any atom is 0.262 e. The first-order valence-electron chi connectivity index (χ1n) is 10.3. The van der Waals surface area contributed by atoms with E-state index in [4.69, 9.17) is 18.9 Å². The molecule has 0 atom stereocenters. The van der Waals surface area contributed by atoms with Crippen LogP contribution >= 0.6 is 0 Å². The van der Waals surface area contributed by atoms with Crippen molar-refractivity contribution in [1.82, 2.24) is 4.98 Å². The third-order valence-electron chi connectivity index (χ3n) is 5.05. The van der Waals surface area contributed by atoms with E-state index in [2.05, 4.69) is 10.3 Å². The van der Waals surface area contributed by atoms with Gasteiger partial charge in [0.1, 0.15) is 17.2 Å². The van der Waals surface area contributed by atoms with Crippen molar-refractivity contribution < 1.29 is 23.7 Å². The number of nitrogens with zero attached hydrogens (tertiary/aromatic N) is 1. The average Bonchev–Trinajstić information content (AvgIpc) is 2.84. The molecule has 0 bridgehead atoms. The van der Waals surface area contributed by atoms with E-state index in [-0.39, 0.29) is 12.5 Å². The number of aryl methyl sites for hydroxylation is 1. The molecular formula is C26H24N2O5. The number of benzene rings is 3. The molecule has 1 aromatic heterocycles. The molecule has 7 nitrogen and oxygen atoms in total. The van der Waals surface area contributed by atoms with Crippen molar-refractivity contribution in [3.8, 4) is 28.7 Å². The minimum atomic E-state index is -0.225. The van der Waals surface area contributed by atoms with Crippen LogP contribution in [-0.4, -0.2) is 31.7 Å². The number of carbonyl (C=O) groups excluding carboxylic acids is 1. The van der Waals surface area contributed by atoms with E-state index >= 15 is 0 Å². The number of anilines is 1. The van der Waals surface area contributed by atoms with Crippen molar-refractivity contribution in [2.24, 2.45) is 0 Å². The molecule has 168 valence electrons. The third kappa shape index (κ3) is 5.15. The van der Waals surface area contributed by atoms with Crippen molar-refractivity contribution >= 4 is 22.5 Å². The lowest BCUT2D eigenvalue weighted by Gasteiger charge is -2.13. The number of hydrogen-bond donors (Lipinski definition) is 1. The van der Waals surface area contributed by atoms with Gasteiger partial charge in [-0.2, -0.15) is 0 Å². The number of pyridine rings is 1. The van der Waals surface area contributed by atoms with Crippen LogP contribution in [0.5, 0.6) is 28.7 Å². The Hall–Kier alpha value is -4.26. The summed E-state index contributed by atoms with van der Waals surface area (Å²) in [6.45, 7) is 1.85. The summed E-state index contributed by atoms with van der Waals surface area (Å²) in [5.41, 5.74) is 2.49. The molecule has 0 radical (unpaired) electrons. The van der Waals surface area contributed by atoms with Crippen molar-refractivity contribution in [3.63, 3.8) is 0 Å². The molecule has 0 fully saturated rings. The van der Waals surface area contributed by atoms with Crippen LogP contribution < -0.4 is 24.3 Å². The van der Waals surface area contributed by atoms with Crippen LogP contribution in [0.2, 0.25) is 0 Å². The lowest BCUT2D eigenvalue weighted by molar-refractivity contribution is -0.118. The minimum Gasteiger partial charge on any atom is -0.493 e. The molecule has 0 saturated heterocycles. The maximum atomic E-state index is 12.2. The smallest absolute Gasteiger partial charge is 0.262 e. The first-order valence-corrected chi connectivity index (χ1v) is 10.3. The quantitative estimate of drug-likeness (QED) is 0.394. The highest BCUT2D eigenvalue weighted by molar-refractivity contribution is 5.92. The Morgan fingerprint density at radius 2 is 1.58 bits per heavy atom. The van der Waals surface area contributed by atoms with Gasteiger partial charge in [-0.25, -0.2) is 0 Å². The number of aromatic nitrogens is 1. The fraction of sp³-hybridized carbons (Fsp3) is 0.154. The highest BCUT2D eigenvalue weighted by atomic mass is 16.5. The Kier molecular flexibility index (Phi) is 6.59. The van der Waals surface area contributed by atoms with Crippen molar-refractivity contribution in [2.45, 2.75) is 6.92 Å². The van der Waals surface area contributed by atoms with E-state index in [1.54, 1.807) is 56.8 Å². The monoisotopic (exact) mass is 444 g/mol. The molecule has 0 saturated carbocycles. The van der Waals surface area contributed by atoms with Gasteiger partial charge in [0.05, 0.1) is 19.7 Å². The number of carbonyl (C=O) groups is 1. The fourth-order valence-electron chi connectivity index (χ4n) is 3.32.